The number of hydrogen-bond donors (Lipinski definition) is 0. The molecule has 0 N–H and O–H groups in total. The zero-order valence-electron chi connectivity index (χ0n) is 12.8. The van der Waals surface area contributed by atoms with Gasteiger partial charge in [-0.3, -0.25) is 0 Å². The maximum Gasteiger partial charge on any atom is 1.00 e. The van der Waals surface area contributed by atoms with Crippen LogP contribution < -0.4 is 29.6 Å². The molecule has 0 aliphatic rings. The van der Waals surface area contributed by atoms with E-state index in [0.29, 0.717) is 5.69 Å². The smallest absolute Gasteiger partial charge is 0.728 e. The van der Waals surface area contributed by atoms with Crippen LogP contribution in [0.25, 0.3) is 0 Å². The standard InChI is InChI=1S/C14H22N2O3S.Na/c1-2-3-4-5-6-7-8-13-9-11-14(12-10-13)15-16-20(17,18)19;/h9-12H,2-8H2,1H3,(H,17,18,19);/q;+1/p-1. The summed E-state index contributed by atoms with van der Waals surface area (Å²) in [5.41, 5.74) is 1.56. The van der Waals surface area contributed by atoms with Crippen LogP contribution in [0.1, 0.15) is 51.0 Å². The Morgan fingerprint density at radius 3 is 2.14 bits per heavy atom. The van der Waals surface area contributed by atoms with E-state index in [9.17, 15) is 13.0 Å². The average Bonchev–Trinajstić information content (AvgIpc) is 2.41. The van der Waals surface area contributed by atoms with E-state index in [1.54, 1.807) is 12.1 Å². The summed E-state index contributed by atoms with van der Waals surface area (Å²) >= 11 is 0. The Balaban J connectivity index is 0.00000400. The third-order valence-corrected chi connectivity index (χ3v) is 3.29. The van der Waals surface area contributed by atoms with E-state index in [4.69, 9.17) is 0 Å². The van der Waals surface area contributed by atoms with Crippen LogP contribution in [0.4, 0.5) is 5.69 Å². The van der Waals surface area contributed by atoms with Crippen molar-refractivity contribution in [1.82, 2.24) is 0 Å². The SMILES string of the molecule is CCCCCCCCc1ccc(N=NS(=O)(=O)[O-])cc1.[Na+]. The normalized spacial score (nSPS) is 11.5. The molecule has 1 rings (SSSR count). The molecule has 0 saturated carbocycles. The van der Waals surface area contributed by atoms with Gasteiger partial charge in [0.2, 0.25) is 10.3 Å². The van der Waals surface area contributed by atoms with Crippen LogP contribution in [0.5, 0.6) is 0 Å². The fourth-order valence-corrected chi connectivity index (χ4v) is 2.13. The van der Waals surface area contributed by atoms with Crippen molar-refractivity contribution in [2.24, 2.45) is 9.63 Å². The third kappa shape index (κ3) is 11.0. The molecule has 1 aromatic rings. The van der Waals surface area contributed by atoms with Crippen molar-refractivity contribution in [2.75, 3.05) is 0 Å². The molecule has 112 valence electrons. The summed E-state index contributed by atoms with van der Waals surface area (Å²) < 4.78 is 33.6. The molecule has 0 fully saturated rings. The summed E-state index contributed by atoms with van der Waals surface area (Å²) in [6.45, 7) is 2.21. The van der Waals surface area contributed by atoms with Gasteiger partial charge in [-0.05, 0) is 30.5 Å². The molecular weight excluding hydrogens is 299 g/mol. The van der Waals surface area contributed by atoms with Gasteiger partial charge in [0.05, 0.1) is 5.69 Å². The molecule has 0 saturated heterocycles. The van der Waals surface area contributed by atoms with Crippen LogP contribution >= 0.6 is 0 Å². The minimum atomic E-state index is -4.65. The molecule has 1 aromatic carbocycles. The fourth-order valence-electron chi connectivity index (χ4n) is 1.94. The van der Waals surface area contributed by atoms with Gasteiger partial charge in [-0.15, -0.1) is 5.11 Å². The maximum atomic E-state index is 10.3. The topological polar surface area (TPSA) is 81.9 Å². The van der Waals surface area contributed by atoms with Gasteiger partial charge in [-0.2, -0.15) is 0 Å². The predicted octanol–water partition coefficient (Wildman–Crippen LogP) is 1.14. The van der Waals surface area contributed by atoms with Gasteiger partial charge in [0.15, 0.2) is 0 Å². The molecule has 0 aliphatic heterocycles. The maximum absolute atomic E-state index is 10.3. The Labute approximate surface area is 149 Å². The molecule has 0 spiro atoms. The molecule has 5 nitrogen and oxygen atoms in total. The van der Waals surface area contributed by atoms with Crippen molar-refractivity contribution in [3.05, 3.63) is 29.8 Å². The summed E-state index contributed by atoms with van der Waals surface area (Å²) in [7, 11) is -4.65. The number of hydrogen-bond acceptors (Lipinski definition) is 4. The molecule has 0 atom stereocenters. The van der Waals surface area contributed by atoms with Crippen LogP contribution in [0.2, 0.25) is 0 Å². The van der Waals surface area contributed by atoms with Gasteiger partial charge >= 0.3 is 29.6 Å². The molecule has 21 heavy (non-hydrogen) atoms. The zero-order valence-corrected chi connectivity index (χ0v) is 15.6. The number of rotatable bonds is 9. The number of nitrogens with zero attached hydrogens (tertiary/aromatic N) is 2. The molecule has 0 aliphatic carbocycles. The predicted molar refractivity (Wildman–Crippen MR) is 77.7 cm³/mol. The Hall–Kier alpha value is -0.270. The van der Waals surface area contributed by atoms with Crippen LogP contribution in [0.3, 0.4) is 0 Å². The Bertz CT molecular complexity index is 516. The first-order chi connectivity index (χ1) is 9.51. The largest absolute Gasteiger partial charge is 1.00 e. The van der Waals surface area contributed by atoms with Crippen molar-refractivity contribution in [3.63, 3.8) is 0 Å². The number of benzene rings is 1. The minimum absolute atomic E-state index is 0. The van der Waals surface area contributed by atoms with Crippen molar-refractivity contribution < 1.29 is 42.5 Å². The Morgan fingerprint density at radius 2 is 1.57 bits per heavy atom. The average molecular weight is 320 g/mol. The Morgan fingerprint density at radius 1 is 1.00 bits per heavy atom. The molecule has 0 aromatic heterocycles. The van der Waals surface area contributed by atoms with Crippen LogP contribution in [0, 0.1) is 0 Å². The fraction of sp³-hybridized carbons (Fsp3) is 0.571. The molecule has 0 amide bonds. The van der Waals surface area contributed by atoms with Gasteiger partial charge in [0, 0.05) is 0 Å². The Kier molecular flexibility index (Phi) is 11.2. The van der Waals surface area contributed by atoms with E-state index in [1.807, 2.05) is 12.1 Å². The second-order valence-electron chi connectivity index (χ2n) is 4.79. The van der Waals surface area contributed by atoms with E-state index in [0.717, 1.165) is 12.8 Å². The molecule has 7 heteroatoms. The minimum Gasteiger partial charge on any atom is -0.728 e. The molecule has 0 radical (unpaired) electrons. The van der Waals surface area contributed by atoms with Crippen LogP contribution in [-0.2, 0) is 16.7 Å². The zero-order chi connectivity index (χ0) is 14.8. The second kappa shape index (κ2) is 11.3. The van der Waals surface area contributed by atoms with Crippen molar-refractivity contribution >= 4 is 16.0 Å². The quantitative estimate of drug-likeness (QED) is 0.296. The summed E-state index contributed by atoms with van der Waals surface area (Å²) in [5, 5.41) is 3.37. The van der Waals surface area contributed by atoms with E-state index >= 15 is 0 Å². The monoisotopic (exact) mass is 320 g/mol. The van der Waals surface area contributed by atoms with Crippen LogP contribution in [-0.4, -0.2) is 13.0 Å². The van der Waals surface area contributed by atoms with Crippen molar-refractivity contribution in [3.8, 4) is 0 Å². The van der Waals surface area contributed by atoms with E-state index in [-0.39, 0.29) is 29.6 Å². The van der Waals surface area contributed by atoms with Crippen molar-refractivity contribution in [1.29, 1.82) is 0 Å². The molecular formula is C14H21N2NaO3S. The van der Waals surface area contributed by atoms with E-state index in [1.165, 1.54) is 37.7 Å². The van der Waals surface area contributed by atoms with Gasteiger partial charge in [0.1, 0.15) is 0 Å². The first-order valence-corrected chi connectivity index (χ1v) is 8.35. The van der Waals surface area contributed by atoms with Crippen molar-refractivity contribution in [2.45, 2.75) is 51.9 Å². The number of unbranched alkanes of at least 4 members (excludes halogenated alkanes) is 5. The van der Waals surface area contributed by atoms with Crippen LogP contribution in [0.15, 0.2) is 33.9 Å². The summed E-state index contributed by atoms with van der Waals surface area (Å²) in [4.78, 5) is 0. The molecule has 0 heterocycles. The van der Waals surface area contributed by atoms with Gasteiger partial charge in [0.25, 0.3) is 0 Å². The summed E-state index contributed by atoms with van der Waals surface area (Å²) in [5.74, 6) is 0. The third-order valence-electron chi connectivity index (χ3n) is 3.01. The number of aryl methyl sites for hydroxylation is 1. The van der Waals surface area contributed by atoms with E-state index in [2.05, 4.69) is 16.6 Å². The van der Waals surface area contributed by atoms with E-state index < -0.39 is 10.3 Å². The molecule has 0 bridgehead atoms. The summed E-state index contributed by atoms with van der Waals surface area (Å²) in [6.07, 6.45) is 8.54. The molecule has 0 unspecified atom stereocenters. The summed E-state index contributed by atoms with van der Waals surface area (Å²) in [6, 6.07) is 7.11. The first-order valence-electron chi connectivity index (χ1n) is 6.99. The van der Waals surface area contributed by atoms with Gasteiger partial charge in [-0.25, -0.2) is 8.42 Å². The first kappa shape index (κ1) is 20.7. The second-order valence-corrected chi connectivity index (χ2v) is 5.81. The van der Waals surface area contributed by atoms with Gasteiger partial charge in [-0.1, -0.05) is 55.7 Å². The van der Waals surface area contributed by atoms with Gasteiger partial charge < -0.3 is 4.55 Å².